The maximum absolute atomic E-state index is 13.1. The van der Waals surface area contributed by atoms with Crippen molar-refractivity contribution >= 4 is 33.2 Å². The summed E-state index contributed by atoms with van der Waals surface area (Å²) in [7, 11) is -3.61. The Bertz CT molecular complexity index is 868. The molecule has 2 aromatic rings. The smallest absolute Gasteiger partial charge is 0.255 e. The minimum atomic E-state index is -3.61. The maximum atomic E-state index is 13.1. The molecule has 0 radical (unpaired) electrons. The van der Waals surface area contributed by atoms with Gasteiger partial charge in [0.25, 0.3) is 5.91 Å². The fourth-order valence-electron chi connectivity index (χ4n) is 1.92. The number of carbonyl (C=O) groups excluding carboxylic acids is 1. The minimum Gasteiger partial charge on any atom is -0.322 e. The summed E-state index contributed by atoms with van der Waals surface area (Å²) in [6.07, 6.45) is 0. The van der Waals surface area contributed by atoms with Crippen molar-refractivity contribution in [3.8, 4) is 0 Å². The van der Waals surface area contributed by atoms with Crippen LogP contribution in [0.4, 0.5) is 10.1 Å². The highest BCUT2D eigenvalue weighted by Crippen LogP contribution is 2.20. The van der Waals surface area contributed by atoms with Crippen LogP contribution in [0.5, 0.6) is 0 Å². The van der Waals surface area contributed by atoms with Gasteiger partial charge in [-0.2, -0.15) is 0 Å². The van der Waals surface area contributed by atoms with Gasteiger partial charge in [0, 0.05) is 17.8 Å². The van der Waals surface area contributed by atoms with Gasteiger partial charge in [0.2, 0.25) is 10.0 Å². The van der Waals surface area contributed by atoms with E-state index in [2.05, 4.69) is 10.0 Å². The summed E-state index contributed by atoms with van der Waals surface area (Å²) in [4.78, 5) is 12.3. The zero-order valence-corrected chi connectivity index (χ0v) is 15.3. The van der Waals surface area contributed by atoms with Gasteiger partial charge in [-0.3, -0.25) is 4.79 Å². The molecule has 0 unspecified atom stereocenters. The average Bonchev–Trinajstić information content (AvgIpc) is 2.56. The van der Waals surface area contributed by atoms with E-state index >= 15 is 0 Å². The first-order valence-corrected chi connectivity index (χ1v) is 9.41. The molecule has 25 heavy (non-hydrogen) atoms. The Labute approximate surface area is 151 Å². The van der Waals surface area contributed by atoms with E-state index in [9.17, 15) is 17.6 Å². The third-order valence-corrected chi connectivity index (χ3v) is 5.01. The number of halogens is 2. The van der Waals surface area contributed by atoms with E-state index in [1.165, 1.54) is 36.4 Å². The van der Waals surface area contributed by atoms with Crippen molar-refractivity contribution in [2.45, 2.75) is 18.7 Å². The second-order valence-corrected chi connectivity index (χ2v) is 8.03. The first-order chi connectivity index (χ1) is 11.7. The van der Waals surface area contributed by atoms with Crippen LogP contribution in [0, 0.1) is 11.7 Å². The van der Waals surface area contributed by atoms with E-state index in [0.717, 1.165) is 6.07 Å². The summed E-state index contributed by atoms with van der Waals surface area (Å²) in [6.45, 7) is 4.13. The van der Waals surface area contributed by atoms with Gasteiger partial charge in [0.1, 0.15) is 5.82 Å². The quantitative estimate of drug-likeness (QED) is 0.797. The molecule has 5 nitrogen and oxygen atoms in total. The van der Waals surface area contributed by atoms with Crippen LogP contribution in [-0.4, -0.2) is 20.9 Å². The van der Waals surface area contributed by atoms with Crippen molar-refractivity contribution in [2.24, 2.45) is 5.92 Å². The third kappa shape index (κ3) is 5.26. The first-order valence-electron chi connectivity index (χ1n) is 7.55. The summed E-state index contributed by atoms with van der Waals surface area (Å²) >= 11 is 5.67. The summed E-state index contributed by atoms with van der Waals surface area (Å²) in [6, 6.07) is 9.35. The van der Waals surface area contributed by atoms with Crippen molar-refractivity contribution in [1.29, 1.82) is 0 Å². The summed E-state index contributed by atoms with van der Waals surface area (Å²) < 4.78 is 39.8. The van der Waals surface area contributed by atoms with E-state index in [0.29, 0.717) is 12.2 Å². The van der Waals surface area contributed by atoms with Crippen LogP contribution in [-0.2, 0) is 10.0 Å². The normalized spacial score (nSPS) is 11.6. The van der Waals surface area contributed by atoms with Crippen molar-refractivity contribution in [3.05, 3.63) is 58.9 Å². The van der Waals surface area contributed by atoms with Gasteiger partial charge in [-0.05, 0) is 48.4 Å². The fourth-order valence-corrected chi connectivity index (χ4v) is 3.32. The van der Waals surface area contributed by atoms with Crippen molar-refractivity contribution in [3.63, 3.8) is 0 Å². The minimum absolute atomic E-state index is 0.0783. The lowest BCUT2D eigenvalue weighted by Crippen LogP contribution is -2.27. The zero-order valence-electron chi connectivity index (χ0n) is 13.7. The van der Waals surface area contributed by atoms with Crippen LogP contribution >= 0.6 is 11.6 Å². The highest BCUT2D eigenvalue weighted by Gasteiger charge is 2.15. The lowest BCUT2D eigenvalue weighted by atomic mass is 10.2. The van der Waals surface area contributed by atoms with Crippen molar-refractivity contribution in [2.75, 3.05) is 11.9 Å². The molecule has 0 aromatic heterocycles. The van der Waals surface area contributed by atoms with E-state index < -0.39 is 21.7 Å². The first kappa shape index (κ1) is 19.4. The zero-order chi connectivity index (χ0) is 18.6. The molecular formula is C17H18ClFN2O3S. The van der Waals surface area contributed by atoms with Crippen LogP contribution in [0.3, 0.4) is 0 Å². The Morgan fingerprint density at radius 3 is 2.36 bits per heavy atom. The fraction of sp³-hybridized carbons (Fsp3) is 0.235. The van der Waals surface area contributed by atoms with Gasteiger partial charge in [0.15, 0.2) is 0 Å². The summed E-state index contributed by atoms with van der Waals surface area (Å²) in [5.74, 6) is -0.854. The van der Waals surface area contributed by atoms with Crippen molar-refractivity contribution in [1.82, 2.24) is 4.72 Å². The molecule has 1 amide bonds. The molecule has 0 spiro atoms. The molecule has 0 aliphatic heterocycles. The third-order valence-electron chi connectivity index (χ3n) is 3.29. The van der Waals surface area contributed by atoms with Crippen LogP contribution in [0.15, 0.2) is 47.4 Å². The topological polar surface area (TPSA) is 75.3 Å². The number of anilines is 1. The van der Waals surface area contributed by atoms with Crippen LogP contribution < -0.4 is 10.0 Å². The second-order valence-electron chi connectivity index (χ2n) is 5.85. The Morgan fingerprint density at radius 1 is 1.16 bits per heavy atom. The SMILES string of the molecule is CC(C)CNS(=O)(=O)c1ccc(C(=O)Nc2ccc(F)c(Cl)c2)cc1. The van der Waals surface area contributed by atoms with Crippen LogP contribution in [0.25, 0.3) is 0 Å². The van der Waals surface area contributed by atoms with Gasteiger partial charge >= 0.3 is 0 Å². The average molecular weight is 385 g/mol. The molecule has 134 valence electrons. The number of carbonyl (C=O) groups is 1. The molecule has 0 aliphatic rings. The highest BCUT2D eigenvalue weighted by molar-refractivity contribution is 7.89. The number of rotatable bonds is 6. The Hall–Kier alpha value is -1.96. The molecule has 0 saturated carbocycles. The summed E-state index contributed by atoms with van der Waals surface area (Å²) in [5.41, 5.74) is 0.606. The number of sulfonamides is 1. The number of benzene rings is 2. The molecule has 0 atom stereocenters. The standard InChI is InChI=1S/C17H18ClFN2O3S/c1-11(2)10-20-25(23,24)14-6-3-12(4-7-14)17(22)21-13-5-8-16(19)15(18)9-13/h3-9,11,20H,10H2,1-2H3,(H,21,22). The van der Waals surface area contributed by atoms with Gasteiger partial charge in [-0.15, -0.1) is 0 Å². The lowest BCUT2D eigenvalue weighted by Gasteiger charge is -2.10. The van der Waals surface area contributed by atoms with E-state index in [-0.39, 0.29) is 21.4 Å². The second kappa shape index (κ2) is 7.95. The Kier molecular flexibility index (Phi) is 6.16. The molecule has 0 aliphatic carbocycles. The molecule has 0 heterocycles. The number of amides is 1. The van der Waals surface area contributed by atoms with E-state index in [4.69, 9.17) is 11.6 Å². The largest absolute Gasteiger partial charge is 0.322 e. The molecule has 0 saturated heterocycles. The van der Waals surface area contributed by atoms with Crippen LogP contribution in [0.2, 0.25) is 5.02 Å². The molecule has 2 N–H and O–H groups in total. The van der Waals surface area contributed by atoms with E-state index in [1.807, 2.05) is 13.8 Å². The molecule has 0 bridgehead atoms. The molecule has 0 fully saturated rings. The van der Waals surface area contributed by atoms with Crippen LogP contribution in [0.1, 0.15) is 24.2 Å². The van der Waals surface area contributed by atoms with Gasteiger partial charge in [0.05, 0.1) is 9.92 Å². The molecule has 8 heteroatoms. The molecule has 2 aromatic carbocycles. The predicted octanol–water partition coefficient (Wildman–Crippen LogP) is 3.67. The predicted molar refractivity (Wildman–Crippen MR) is 95.8 cm³/mol. The Balaban J connectivity index is 2.10. The highest BCUT2D eigenvalue weighted by atomic mass is 35.5. The monoisotopic (exact) mass is 384 g/mol. The lowest BCUT2D eigenvalue weighted by molar-refractivity contribution is 0.102. The maximum Gasteiger partial charge on any atom is 0.255 e. The Morgan fingerprint density at radius 2 is 1.80 bits per heavy atom. The van der Waals surface area contributed by atoms with Gasteiger partial charge < -0.3 is 5.32 Å². The molecular weight excluding hydrogens is 367 g/mol. The number of hydrogen-bond acceptors (Lipinski definition) is 3. The molecule has 2 rings (SSSR count). The number of hydrogen-bond donors (Lipinski definition) is 2. The van der Waals surface area contributed by atoms with E-state index in [1.54, 1.807) is 0 Å². The van der Waals surface area contributed by atoms with Crippen molar-refractivity contribution < 1.29 is 17.6 Å². The number of nitrogens with one attached hydrogen (secondary N) is 2. The van der Waals surface area contributed by atoms with Gasteiger partial charge in [-0.25, -0.2) is 17.5 Å². The van der Waals surface area contributed by atoms with Gasteiger partial charge in [-0.1, -0.05) is 25.4 Å². The summed E-state index contributed by atoms with van der Waals surface area (Å²) in [5, 5.41) is 2.47.